The molecule has 1 aliphatic rings. The van der Waals surface area contributed by atoms with Crippen LogP contribution in [0.3, 0.4) is 0 Å². The second-order valence-electron chi connectivity index (χ2n) is 8.05. The molecule has 0 bridgehead atoms. The summed E-state index contributed by atoms with van der Waals surface area (Å²) in [6.45, 7) is 7.99. The molecule has 0 spiro atoms. The zero-order valence-electron chi connectivity index (χ0n) is 19.2. The molecule has 30 heavy (non-hydrogen) atoms. The van der Waals surface area contributed by atoms with E-state index in [1.807, 2.05) is 45.0 Å². The van der Waals surface area contributed by atoms with E-state index in [9.17, 15) is 9.90 Å². The van der Waals surface area contributed by atoms with Crippen LogP contribution >= 0.6 is 0 Å². The summed E-state index contributed by atoms with van der Waals surface area (Å²) in [5, 5.41) is 11.0. The number of ether oxygens (including phenoxy) is 3. The molecule has 0 aliphatic heterocycles. The molecule has 1 aromatic rings. The average molecular weight is 417 g/mol. The molecule has 0 radical (unpaired) electrons. The molecule has 1 unspecified atom stereocenters. The number of allylic oxidation sites excluding steroid dienone is 2. The van der Waals surface area contributed by atoms with E-state index in [1.165, 1.54) is 0 Å². The van der Waals surface area contributed by atoms with Crippen LogP contribution in [0.1, 0.15) is 71.8 Å². The predicted octanol–water partition coefficient (Wildman–Crippen LogP) is 5.46. The number of methoxy groups -OCH3 is 2. The molecule has 1 atom stereocenters. The number of unbranched alkanes of at least 4 members (excludes halogenated alkanes) is 2. The second kappa shape index (κ2) is 10.7. The van der Waals surface area contributed by atoms with Crippen LogP contribution in [0.15, 0.2) is 35.6 Å². The smallest absolute Gasteiger partial charge is 0.205 e. The highest BCUT2D eigenvalue weighted by Crippen LogP contribution is 2.43. The SMILES string of the molecule is CCCC/C(=C/C1=C(OC(C)C)C(O)(CCCC)C1=O)c1ccc(OC)c(OC)c1. The van der Waals surface area contributed by atoms with Crippen LogP contribution in [0.4, 0.5) is 0 Å². The molecule has 5 nitrogen and oxygen atoms in total. The van der Waals surface area contributed by atoms with Crippen molar-refractivity contribution in [3.05, 3.63) is 41.2 Å². The van der Waals surface area contributed by atoms with Crippen molar-refractivity contribution in [2.75, 3.05) is 14.2 Å². The van der Waals surface area contributed by atoms with Gasteiger partial charge in [-0.3, -0.25) is 4.79 Å². The maximum atomic E-state index is 13.0. The lowest BCUT2D eigenvalue weighted by molar-refractivity contribution is -0.141. The Morgan fingerprint density at radius 2 is 1.77 bits per heavy atom. The zero-order chi connectivity index (χ0) is 22.3. The molecule has 166 valence electrons. The third kappa shape index (κ3) is 5.07. The van der Waals surface area contributed by atoms with Crippen molar-refractivity contribution in [2.24, 2.45) is 0 Å². The Balaban J connectivity index is 2.53. The fourth-order valence-corrected chi connectivity index (χ4v) is 3.65. The molecule has 0 fully saturated rings. The van der Waals surface area contributed by atoms with Crippen molar-refractivity contribution >= 4 is 11.4 Å². The molecule has 0 heterocycles. The quantitative estimate of drug-likeness (QED) is 0.490. The monoisotopic (exact) mass is 416 g/mol. The Hall–Kier alpha value is -2.27. The standard InChI is InChI=1S/C25H36O5/c1-7-9-11-18(19-12-13-21(28-5)22(16-19)29-6)15-20-23(26)25(27,14-10-8-2)24(20)30-17(3)4/h12-13,15-17,27H,7-11,14H2,1-6H3/b18-15-. The molecule has 0 amide bonds. The summed E-state index contributed by atoms with van der Waals surface area (Å²) in [6, 6.07) is 5.77. The first-order valence-electron chi connectivity index (χ1n) is 10.9. The first kappa shape index (κ1) is 24.0. The molecule has 1 N–H and O–H groups in total. The minimum atomic E-state index is -1.50. The van der Waals surface area contributed by atoms with Gasteiger partial charge >= 0.3 is 0 Å². The number of carbonyl (C=O) groups is 1. The van der Waals surface area contributed by atoms with Gasteiger partial charge in [0.2, 0.25) is 5.78 Å². The van der Waals surface area contributed by atoms with Gasteiger partial charge in [-0.1, -0.05) is 32.8 Å². The summed E-state index contributed by atoms with van der Waals surface area (Å²) in [7, 11) is 3.22. The van der Waals surface area contributed by atoms with E-state index in [0.29, 0.717) is 29.3 Å². The van der Waals surface area contributed by atoms with Gasteiger partial charge in [-0.05, 0) is 68.9 Å². The van der Waals surface area contributed by atoms with Gasteiger partial charge in [0.1, 0.15) is 5.76 Å². The highest BCUT2D eigenvalue weighted by Gasteiger charge is 2.53. The Morgan fingerprint density at radius 3 is 2.33 bits per heavy atom. The van der Waals surface area contributed by atoms with Gasteiger partial charge in [0.25, 0.3) is 0 Å². The lowest BCUT2D eigenvalue weighted by atomic mass is 9.73. The summed E-state index contributed by atoms with van der Waals surface area (Å²) >= 11 is 0. The molecule has 1 aromatic carbocycles. The number of rotatable bonds is 12. The Labute approximate surface area is 180 Å². The first-order chi connectivity index (χ1) is 14.3. The third-order valence-electron chi connectivity index (χ3n) is 5.36. The predicted molar refractivity (Wildman–Crippen MR) is 120 cm³/mol. The topological polar surface area (TPSA) is 65.0 Å². The van der Waals surface area contributed by atoms with Crippen LogP contribution in [0.5, 0.6) is 11.5 Å². The van der Waals surface area contributed by atoms with Crippen LogP contribution in [0.2, 0.25) is 0 Å². The Morgan fingerprint density at radius 1 is 1.10 bits per heavy atom. The van der Waals surface area contributed by atoms with Crippen LogP contribution < -0.4 is 9.47 Å². The van der Waals surface area contributed by atoms with Crippen LogP contribution in [-0.4, -0.2) is 36.8 Å². The third-order valence-corrected chi connectivity index (χ3v) is 5.36. The van der Waals surface area contributed by atoms with E-state index >= 15 is 0 Å². The molecule has 5 heteroatoms. The van der Waals surface area contributed by atoms with E-state index in [0.717, 1.165) is 43.2 Å². The van der Waals surface area contributed by atoms with Gasteiger partial charge in [-0.2, -0.15) is 0 Å². The van der Waals surface area contributed by atoms with Gasteiger partial charge < -0.3 is 19.3 Å². The van der Waals surface area contributed by atoms with Crippen LogP contribution in [-0.2, 0) is 9.53 Å². The zero-order valence-corrected chi connectivity index (χ0v) is 19.2. The highest BCUT2D eigenvalue weighted by atomic mass is 16.5. The second-order valence-corrected chi connectivity index (χ2v) is 8.05. The summed E-state index contributed by atoms with van der Waals surface area (Å²) in [5.41, 5.74) is 0.959. The van der Waals surface area contributed by atoms with Gasteiger partial charge in [0.15, 0.2) is 17.1 Å². The maximum absolute atomic E-state index is 13.0. The lowest BCUT2D eigenvalue weighted by Crippen LogP contribution is -2.52. The van der Waals surface area contributed by atoms with E-state index in [-0.39, 0.29) is 11.9 Å². The number of hydrogen-bond donors (Lipinski definition) is 1. The first-order valence-corrected chi connectivity index (χ1v) is 10.9. The average Bonchev–Trinajstić information content (AvgIpc) is 2.75. The highest BCUT2D eigenvalue weighted by molar-refractivity contribution is 6.14. The number of benzene rings is 1. The number of ketones is 1. The number of aliphatic hydroxyl groups is 1. The summed E-state index contributed by atoms with van der Waals surface area (Å²) in [4.78, 5) is 13.0. The van der Waals surface area contributed by atoms with Crippen LogP contribution in [0, 0.1) is 0 Å². The Kier molecular flexibility index (Phi) is 8.54. The van der Waals surface area contributed by atoms with Crippen molar-refractivity contribution in [3.8, 4) is 11.5 Å². The van der Waals surface area contributed by atoms with Gasteiger partial charge in [-0.15, -0.1) is 0 Å². The van der Waals surface area contributed by atoms with Gasteiger partial charge in [0.05, 0.1) is 25.9 Å². The normalized spacial score (nSPS) is 19.2. The van der Waals surface area contributed by atoms with Crippen molar-refractivity contribution in [1.29, 1.82) is 0 Å². The minimum Gasteiger partial charge on any atom is -0.493 e. The summed E-state index contributed by atoms with van der Waals surface area (Å²) in [5.74, 6) is 1.46. The van der Waals surface area contributed by atoms with Crippen molar-refractivity contribution in [2.45, 2.75) is 77.9 Å². The Bertz CT molecular complexity index is 806. The van der Waals surface area contributed by atoms with Crippen molar-refractivity contribution in [1.82, 2.24) is 0 Å². The maximum Gasteiger partial charge on any atom is 0.205 e. The molecule has 0 saturated heterocycles. The lowest BCUT2D eigenvalue weighted by Gasteiger charge is -2.39. The van der Waals surface area contributed by atoms with E-state index < -0.39 is 5.60 Å². The number of Topliss-reactive ketones (excluding diaryl/α,β-unsaturated/α-hetero) is 1. The largest absolute Gasteiger partial charge is 0.493 e. The molecule has 1 aliphatic carbocycles. The molecular formula is C25H36O5. The minimum absolute atomic E-state index is 0.121. The number of hydrogen-bond acceptors (Lipinski definition) is 5. The molecular weight excluding hydrogens is 380 g/mol. The summed E-state index contributed by atoms with van der Waals surface area (Å²) in [6.07, 6.45) is 6.66. The van der Waals surface area contributed by atoms with Crippen molar-refractivity contribution < 1.29 is 24.1 Å². The number of carbonyl (C=O) groups excluding carboxylic acids is 1. The van der Waals surface area contributed by atoms with Gasteiger partial charge in [-0.25, -0.2) is 0 Å². The van der Waals surface area contributed by atoms with E-state index in [4.69, 9.17) is 14.2 Å². The van der Waals surface area contributed by atoms with Crippen molar-refractivity contribution in [3.63, 3.8) is 0 Å². The van der Waals surface area contributed by atoms with E-state index in [2.05, 4.69) is 6.92 Å². The molecule has 2 rings (SSSR count). The fourth-order valence-electron chi connectivity index (χ4n) is 3.65. The molecule has 0 aromatic heterocycles. The fraction of sp³-hybridized carbons (Fsp3) is 0.560. The van der Waals surface area contributed by atoms with E-state index in [1.54, 1.807) is 14.2 Å². The summed E-state index contributed by atoms with van der Waals surface area (Å²) < 4.78 is 16.7. The van der Waals surface area contributed by atoms with Crippen LogP contribution in [0.25, 0.3) is 5.57 Å². The van der Waals surface area contributed by atoms with Gasteiger partial charge in [0, 0.05) is 0 Å². The molecule has 0 saturated carbocycles.